The van der Waals surface area contributed by atoms with Crippen molar-refractivity contribution in [3.05, 3.63) is 41.6 Å². The Kier molecular flexibility index (Phi) is 3.92. The molecule has 0 aliphatic heterocycles. The predicted octanol–water partition coefficient (Wildman–Crippen LogP) is 3.40. The summed E-state index contributed by atoms with van der Waals surface area (Å²) in [5, 5.41) is 8.08. The SMILES string of the molecule is CNC(Cc1ccn(C2CCCC2)n1)c1occc1C. The molecule has 2 aromatic heterocycles. The first kappa shape index (κ1) is 13.4. The first-order valence-corrected chi connectivity index (χ1v) is 7.53. The summed E-state index contributed by atoms with van der Waals surface area (Å²) in [6.07, 6.45) is 9.97. The van der Waals surface area contributed by atoms with Gasteiger partial charge in [-0.05, 0) is 44.5 Å². The van der Waals surface area contributed by atoms with E-state index >= 15 is 0 Å². The van der Waals surface area contributed by atoms with Crippen LogP contribution in [0.1, 0.15) is 54.8 Å². The molecule has 1 saturated carbocycles. The number of rotatable bonds is 5. The maximum absolute atomic E-state index is 5.60. The van der Waals surface area contributed by atoms with Gasteiger partial charge in [0.05, 0.1) is 24.0 Å². The van der Waals surface area contributed by atoms with Crippen molar-refractivity contribution in [1.82, 2.24) is 15.1 Å². The van der Waals surface area contributed by atoms with Crippen molar-refractivity contribution in [1.29, 1.82) is 0 Å². The summed E-state index contributed by atoms with van der Waals surface area (Å²) in [6, 6.07) is 4.96. The Hall–Kier alpha value is -1.55. The molecule has 4 nitrogen and oxygen atoms in total. The summed E-state index contributed by atoms with van der Waals surface area (Å²) in [5.41, 5.74) is 2.33. The Balaban J connectivity index is 1.71. The highest BCUT2D eigenvalue weighted by Gasteiger charge is 2.20. The van der Waals surface area contributed by atoms with Crippen molar-refractivity contribution in [3.8, 4) is 0 Å². The fourth-order valence-electron chi connectivity index (χ4n) is 3.13. The van der Waals surface area contributed by atoms with Gasteiger partial charge in [0, 0.05) is 12.6 Å². The smallest absolute Gasteiger partial charge is 0.123 e. The second kappa shape index (κ2) is 5.83. The second-order valence-corrected chi connectivity index (χ2v) is 5.74. The molecule has 20 heavy (non-hydrogen) atoms. The van der Waals surface area contributed by atoms with Crippen LogP contribution in [0.2, 0.25) is 0 Å². The van der Waals surface area contributed by atoms with Crippen molar-refractivity contribution in [2.45, 2.75) is 51.1 Å². The molecule has 0 saturated heterocycles. The van der Waals surface area contributed by atoms with Crippen LogP contribution in [0, 0.1) is 6.92 Å². The van der Waals surface area contributed by atoms with Gasteiger partial charge < -0.3 is 9.73 Å². The molecular formula is C16H23N3O. The number of furan rings is 1. The van der Waals surface area contributed by atoms with Crippen LogP contribution in [-0.2, 0) is 6.42 Å². The highest BCUT2D eigenvalue weighted by molar-refractivity contribution is 5.20. The van der Waals surface area contributed by atoms with Crippen molar-refractivity contribution >= 4 is 0 Å². The Bertz CT molecular complexity index is 552. The Morgan fingerprint density at radius 2 is 2.20 bits per heavy atom. The number of nitrogens with one attached hydrogen (secondary N) is 1. The van der Waals surface area contributed by atoms with E-state index in [1.807, 2.05) is 13.1 Å². The Morgan fingerprint density at radius 3 is 2.85 bits per heavy atom. The predicted molar refractivity (Wildman–Crippen MR) is 78.7 cm³/mol. The minimum absolute atomic E-state index is 0.192. The minimum atomic E-state index is 0.192. The molecule has 1 atom stereocenters. The lowest BCUT2D eigenvalue weighted by atomic mass is 10.1. The zero-order chi connectivity index (χ0) is 13.9. The Labute approximate surface area is 120 Å². The first-order chi connectivity index (χ1) is 9.78. The number of aryl methyl sites for hydroxylation is 1. The molecule has 0 amide bonds. The van der Waals surface area contributed by atoms with E-state index in [-0.39, 0.29) is 6.04 Å². The van der Waals surface area contributed by atoms with Crippen LogP contribution in [0.15, 0.2) is 29.0 Å². The van der Waals surface area contributed by atoms with E-state index in [1.54, 1.807) is 6.26 Å². The van der Waals surface area contributed by atoms with Crippen LogP contribution in [0.4, 0.5) is 0 Å². The van der Waals surface area contributed by atoms with E-state index < -0.39 is 0 Å². The molecule has 0 bridgehead atoms. The van der Waals surface area contributed by atoms with Crippen LogP contribution in [0.5, 0.6) is 0 Å². The molecule has 2 aromatic rings. The number of hydrogen-bond donors (Lipinski definition) is 1. The van der Waals surface area contributed by atoms with Gasteiger partial charge in [0.1, 0.15) is 5.76 Å². The largest absolute Gasteiger partial charge is 0.467 e. The highest BCUT2D eigenvalue weighted by Crippen LogP contribution is 2.29. The van der Waals surface area contributed by atoms with Gasteiger partial charge >= 0.3 is 0 Å². The topological polar surface area (TPSA) is 43.0 Å². The van der Waals surface area contributed by atoms with Crippen LogP contribution in [0.3, 0.4) is 0 Å². The average Bonchev–Trinajstić information content (AvgIpc) is 3.17. The molecule has 4 heteroatoms. The zero-order valence-electron chi connectivity index (χ0n) is 12.3. The van der Waals surface area contributed by atoms with Crippen LogP contribution < -0.4 is 5.32 Å². The van der Waals surface area contributed by atoms with Gasteiger partial charge in [0.2, 0.25) is 0 Å². The lowest BCUT2D eigenvalue weighted by Crippen LogP contribution is -2.19. The van der Waals surface area contributed by atoms with Crippen molar-refractivity contribution in [2.24, 2.45) is 0 Å². The molecule has 2 heterocycles. The maximum atomic E-state index is 5.60. The third-order valence-corrected chi connectivity index (χ3v) is 4.34. The van der Waals surface area contributed by atoms with E-state index in [0.29, 0.717) is 6.04 Å². The van der Waals surface area contributed by atoms with Crippen LogP contribution in [0.25, 0.3) is 0 Å². The molecule has 108 valence electrons. The van der Waals surface area contributed by atoms with Gasteiger partial charge in [-0.3, -0.25) is 4.68 Å². The van der Waals surface area contributed by atoms with E-state index in [1.165, 1.54) is 31.2 Å². The van der Waals surface area contributed by atoms with Crippen molar-refractivity contribution in [3.63, 3.8) is 0 Å². The third kappa shape index (κ3) is 2.66. The van der Waals surface area contributed by atoms with Gasteiger partial charge in [-0.2, -0.15) is 5.10 Å². The van der Waals surface area contributed by atoms with Gasteiger partial charge in [0.15, 0.2) is 0 Å². The van der Waals surface area contributed by atoms with Crippen LogP contribution >= 0.6 is 0 Å². The van der Waals surface area contributed by atoms with E-state index in [9.17, 15) is 0 Å². The zero-order valence-corrected chi connectivity index (χ0v) is 12.3. The number of aromatic nitrogens is 2. The lowest BCUT2D eigenvalue weighted by molar-refractivity contribution is 0.418. The summed E-state index contributed by atoms with van der Waals surface area (Å²) < 4.78 is 7.76. The van der Waals surface area contributed by atoms with E-state index in [0.717, 1.165) is 17.9 Å². The molecule has 1 unspecified atom stereocenters. The Morgan fingerprint density at radius 1 is 1.40 bits per heavy atom. The molecule has 3 rings (SSSR count). The minimum Gasteiger partial charge on any atom is -0.467 e. The molecule has 0 radical (unpaired) electrons. The normalized spacial score (nSPS) is 17.7. The van der Waals surface area contributed by atoms with E-state index in [2.05, 4.69) is 29.2 Å². The van der Waals surface area contributed by atoms with Gasteiger partial charge in [0.25, 0.3) is 0 Å². The average molecular weight is 273 g/mol. The highest BCUT2D eigenvalue weighted by atomic mass is 16.3. The standard InChI is InChI=1S/C16H23N3O/c1-12-8-10-20-16(12)15(17-2)11-13-7-9-19(18-13)14-5-3-4-6-14/h7-10,14-15,17H,3-6,11H2,1-2H3. The summed E-state index contributed by atoms with van der Waals surface area (Å²) in [6.45, 7) is 2.08. The summed E-state index contributed by atoms with van der Waals surface area (Å²) >= 11 is 0. The van der Waals surface area contributed by atoms with Gasteiger partial charge in [-0.25, -0.2) is 0 Å². The van der Waals surface area contributed by atoms with Crippen LogP contribution in [-0.4, -0.2) is 16.8 Å². The quantitative estimate of drug-likeness (QED) is 0.908. The summed E-state index contributed by atoms with van der Waals surface area (Å²) in [7, 11) is 1.97. The van der Waals surface area contributed by atoms with Gasteiger partial charge in [-0.1, -0.05) is 12.8 Å². The molecular weight excluding hydrogens is 250 g/mol. The molecule has 0 aromatic carbocycles. The van der Waals surface area contributed by atoms with Crippen molar-refractivity contribution < 1.29 is 4.42 Å². The monoisotopic (exact) mass is 273 g/mol. The summed E-state index contributed by atoms with van der Waals surface area (Å²) in [5.74, 6) is 1.02. The van der Waals surface area contributed by atoms with Gasteiger partial charge in [-0.15, -0.1) is 0 Å². The molecule has 0 spiro atoms. The fraction of sp³-hybridized carbons (Fsp3) is 0.562. The molecule has 1 fully saturated rings. The van der Waals surface area contributed by atoms with Crippen molar-refractivity contribution in [2.75, 3.05) is 7.05 Å². The molecule has 1 aliphatic rings. The lowest BCUT2D eigenvalue weighted by Gasteiger charge is -2.14. The third-order valence-electron chi connectivity index (χ3n) is 4.34. The first-order valence-electron chi connectivity index (χ1n) is 7.53. The maximum Gasteiger partial charge on any atom is 0.123 e. The number of hydrogen-bond acceptors (Lipinski definition) is 3. The second-order valence-electron chi connectivity index (χ2n) is 5.74. The number of nitrogens with zero attached hydrogens (tertiary/aromatic N) is 2. The molecule has 1 N–H and O–H groups in total. The van der Waals surface area contributed by atoms with E-state index in [4.69, 9.17) is 9.52 Å². The fourth-order valence-corrected chi connectivity index (χ4v) is 3.13. The molecule has 1 aliphatic carbocycles. The number of likely N-dealkylation sites (N-methyl/N-ethyl adjacent to an activating group) is 1. The summed E-state index contributed by atoms with van der Waals surface area (Å²) in [4.78, 5) is 0.